The van der Waals surface area contributed by atoms with Gasteiger partial charge >= 0.3 is 0 Å². The SMILES string of the molecule is CC(C)N1C[C@@H](C(=O)N2C[C@@H](C)C(O)(c3ccc(F)cc3F)[C@@H](C)C2)[C@H](c2ccc(F)cc2F)C1. The zero-order valence-electron chi connectivity index (χ0n) is 20.4. The Bertz CT molecular complexity index is 1100. The summed E-state index contributed by atoms with van der Waals surface area (Å²) < 4.78 is 56.3. The van der Waals surface area contributed by atoms with Crippen molar-refractivity contribution in [3.05, 3.63) is 70.8 Å². The molecule has 2 aliphatic heterocycles. The molecule has 0 saturated carbocycles. The number of carbonyl (C=O) groups excluding carboxylic acids is 1. The van der Waals surface area contributed by atoms with Crippen LogP contribution in [0.4, 0.5) is 17.6 Å². The van der Waals surface area contributed by atoms with Crippen molar-refractivity contribution >= 4 is 5.91 Å². The molecule has 0 radical (unpaired) electrons. The third kappa shape index (κ3) is 4.58. The van der Waals surface area contributed by atoms with E-state index in [4.69, 9.17) is 0 Å². The molecular formula is C27H32F4N2O2. The Hall–Kier alpha value is -2.45. The molecule has 1 N–H and O–H groups in total. The first-order valence-corrected chi connectivity index (χ1v) is 12.1. The molecule has 2 fully saturated rings. The van der Waals surface area contributed by atoms with Crippen molar-refractivity contribution in [2.24, 2.45) is 17.8 Å². The van der Waals surface area contributed by atoms with Gasteiger partial charge in [-0.2, -0.15) is 0 Å². The van der Waals surface area contributed by atoms with Gasteiger partial charge in [0.1, 0.15) is 28.9 Å². The maximum Gasteiger partial charge on any atom is 0.227 e. The van der Waals surface area contributed by atoms with Crippen molar-refractivity contribution in [1.29, 1.82) is 0 Å². The molecule has 2 heterocycles. The fourth-order valence-corrected chi connectivity index (χ4v) is 5.88. The number of likely N-dealkylation sites (tertiary alicyclic amines) is 2. The lowest BCUT2D eigenvalue weighted by molar-refractivity contribution is -0.153. The molecule has 1 unspecified atom stereocenters. The smallest absolute Gasteiger partial charge is 0.227 e. The third-order valence-electron chi connectivity index (χ3n) is 7.92. The normalized spacial score (nSPS) is 29.7. The van der Waals surface area contributed by atoms with Gasteiger partial charge in [-0.25, -0.2) is 17.6 Å². The zero-order valence-corrected chi connectivity index (χ0v) is 20.4. The van der Waals surface area contributed by atoms with Crippen molar-refractivity contribution in [3.63, 3.8) is 0 Å². The first-order valence-electron chi connectivity index (χ1n) is 12.1. The van der Waals surface area contributed by atoms with Crippen LogP contribution in [0.15, 0.2) is 36.4 Å². The van der Waals surface area contributed by atoms with Crippen LogP contribution >= 0.6 is 0 Å². The Labute approximate surface area is 203 Å². The molecule has 2 saturated heterocycles. The number of benzene rings is 2. The van der Waals surface area contributed by atoms with Crippen molar-refractivity contribution < 1.29 is 27.5 Å². The summed E-state index contributed by atoms with van der Waals surface area (Å²) >= 11 is 0. The molecule has 2 aromatic rings. The van der Waals surface area contributed by atoms with E-state index >= 15 is 0 Å². The van der Waals surface area contributed by atoms with Gasteiger partial charge in [0.15, 0.2) is 0 Å². The molecule has 8 heteroatoms. The highest BCUT2D eigenvalue weighted by Gasteiger charge is 2.50. The first-order chi connectivity index (χ1) is 16.4. The van der Waals surface area contributed by atoms with Gasteiger partial charge in [0.2, 0.25) is 5.91 Å². The molecule has 2 aliphatic rings. The minimum atomic E-state index is -1.57. The maximum absolute atomic E-state index is 14.7. The summed E-state index contributed by atoms with van der Waals surface area (Å²) in [5.74, 6) is -5.07. The van der Waals surface area contributed by atoms with Crippen molar-refractivity contribution in [2.75, 3.05) is 26.2 Å². The van der Waals surface area contributed by atoms with Crippen LogP contribution in [0.5, 0.6) is 0 Å². The average Bonchev–Trinajstić information content (AvgIpc) is 3.22. The lowest BCUT2D eigenvalue weighted by atomic mass is 9.70. The number of rotatable bonds is 4. The van der Waals surface area contributed by atoms with E-state index in [2.05, 4.69) is 4.90 Å². The molecule has 1 amide bonds. The molecular weight excluding hydrogens is 460 g/mol. The van der Waals surface area contributed by atoms with Crippen LogP contribution in [-0.2, 0) is 10.4 Å². The molecule has 4 rings (SSSR count). The number of amides is 1. The quantitative estimate of drug-likeness (QED) is 0.631. The lowest BCUT2D eigenvalue weighted by Gasteiger charge is -2.48. The summed E-state index contributed by atoms with van der Waals surface area (Å²) in [6.07, 6.45) is 0. The van der Waals surface area contributed by atoms with E-state index in [-0.39, 0.29) is 30.6 Å². The van der Waals surface area contributed by atoms with Crippen molar-refractivity contribution in [3.8, 4) is 0 Å². The molecule has 4 nitrogen and oxygen atoms in total. The minimum Gasteiger partial charge on any atom is -0.384 e. The van der Waals surface area contributed by atoms with Crippen LogP contribution in [0, 0.1) is 41.0 Å². The van der Waals surface area contributed by atoms with Crippen LogP contribution in [0.25, 0.3) is 0 Å². The van der Waals surface area contributed by atoms with Crippen LogP contribution in [0.3, 0.4) is 0 Å². The standard InChI is InChI=1S/C27H32F4N2O2/c1-15(2)32-13-21(20-7-5-18(28)9-24(20)30)22(14-32)26(34)33-11-16(3)27(35,17(4)12-33)23-8-6-19(29)10-25(23)31/h5-10,15-17,21-22,35H,11-14H2,1-4H3/t16-,17+,21-,22+,27?/m0/s1. The molecule has 0 spiro atoms. The van der Waals surface area contributed by atoms with Crippen LogP contribution in [0.2, 0.25) is 0 Å². The highest BCUT2D eigenvalue weighted by Crippen LogP contribution is 2.44. The summed E-state index contributed by atoms with van der Waals surface area (Å²) in [5.41, 5.74) is -1.24. The Morgan fingerprint density at radius 2 is 1.49 bits per heavy atom. The number of aliphatic hydroxyl groups is 1. The maximum atomic E-state index is 14.7. The Kier molecular flexibility index (Phi) is 6.99. The first kappa shape index (κ1) is 25.6. The van der Waals surface area contributed by atoms with E-state index in [1.165, 1.54) is 18.2 Å². The van der Waals surface area contributed by atoms with E-state index in [1.807, 2.05) is 13.8 Å². The second-order valence-corrected chi connectivity index (χ2v) is 10.4. The average molecular weight is 493 g/mol. The topological polar surface area (TPSA) is 43.8 Å². The van der Waals surface area contributed by atoms with Crippen LogP contribution in [-0.4, -0.2) is 53.0 Å². The summed E-state index contributed by atoms with van der Waals surface area (Å²) in [4.78, 5) is 17.5. The van der Waals surface area contributed by atoms with E-state index < -0.39 is 52.5 Å². The van der Waals surface area contributed by atoms with Gasteiger partial charge in [0, 0.05) is 67.7 Å². The van der Waals surface area contributed by atoms with Crippen molar-refractivity contribution in [1.82, 2.24) is 9.80 Å². The highest BCUT2D eigenvalue weighted by molar-refractivity contribution is 5.81. The minimum absolute atomic E-state index is 0.0177. The van der Waals surface area contributed by atoms with E-state index in [9.17, 15) is 27.5 Å². The zero-order chi connectivity index (χ0) is 25.7. The van der Waals surface area contributed by atoms with Gasteiger partial charge in [0.25, 0.3) is 0 Å². The largest absolute Gasteiger partial charge is 0.384 e. The monoisotopic (exact) mass is 492 g/mol. The summed E-state index contributed by atoms with van der Waals surface area (Å²) in [7, 11) is 0. The Morgan fingerprint density at radius 1 is 0.914 bits per heavy atom. The summed E-state index contributed by atoms with van der Waals surface area (Å²) in [5, 5.41) is 11.5. The summed E-state index contributed by atoms with van der Waals surface area (Å²) in [6, 6.07) is 6.75. The van der Waals surface area contributed by atoms with Gasteiger partial charge in [-0.3, -0.25) is 9.69 Å². The second kappa shape index (κ2) is 9.54. The molecule has 190 valence electrons. The number of halogens is 4. The molecule has 0 bridgehead atoms. The number of piperidine rings is 1. The second-order valence-electron chi connectivity index (χ2n) is 10.4. The number of nitrogens with zero attached hydrogens (tertiary/aromatic N) is 2. The van der Waals surface area contributed by atoms with Gasteiger partial charge < -0.3 is 10.0 Å². The van der Waals surface area contributed by atoms with Gasteiger partial charge in [-0.15, -0.1) is 0 Å². The van der Waals surface area contributed by atoms with E-state index in [1.54, 1.807) is 18.7 Å². The fourth-order valence-electron chi connectivity index (χ4n) is 5.88. The molecule has 0 aromatic heterocycles. The number of carbonyl (C=O) groups is 1. The van der Waals surface area contributed by atoms with Gasteiger partial charge in [-0.05, 0) is 31.5 Å². The number of hydrogen-bond acceptors (Lipinski definition) is 3. The van der Waals surface area contributed by atoms with Gasteiger partial charge in [0.05, 0.1) is 5.92 Å². The molecule has 2 aromatic carbocycles. The predicted molar refractivity (Wildman–Crippen MR) is 124 cm³/mol. The predicted octanol–water partition coefficient (Wildman–Crippen LogP) is 4.67. The molecule has 35 heavy (non-hydrogen) atoms. The molecule has 0 aliphatic carbocycles. The molecule has 5 atom stereocenters. The Morgan fingerprint density at radius 3 is 2.03 bits per heavy atom. The highest BCUT2D eigenvalue weighted by atomic mass is 19.1. The number of hydrogen-bond donors (Lipinski definition) is 1. The van der Waals surface area contributed by atoms with Crippen LogP contribution in [0.1, 0.15) is 44.7 Å². The van der Waals surface area contributed by atoms with Crippen molar-refractivity contribution in [2.45, 2.75) is 45.3 Å². The lowest BCUT2D eigenvalue weighted by Crippen LogP contribution is -2.57. The van der Waals surface area contributed by atoms with Gasteiger partial charge in [-0.1, -0.05) is 26.0 Å². The summed E-state index contributed by atoms with van der Waals surface area (Å²) in [6.45, 7) is 8.76. The fraction of sp³-hybridized carbons (Fsp3) is 0.519. The third-order valence-corrected chi connectivity index (χ3v) is 7.92. The van der Waals surface area contributed by atoms with E-state index in [0.717, 1.165) is 18.2 Å². The Balaban J connectivity index is 1.60. The van der Waals surface area contributed by atoms with Crippen LogP contribution < -0.4 is 0 Å². The van der Waals surface area contributed by atoms with E-state index in [0.29, 0.717) is 18.7 Å².